The van der Waals surface area contributed by atoms with Crippen molar-refractivity contribution in [2.24, 2.45) is 0 Å². The number of nitrogens with zero attached hydrogens (tertiary/aromatic N) is 2. The molecule has 2 heterocycles. The number of hydrogen-bond acceptors (Lipinski definition) is 4. The quantitative estimate of drug-likeness (QED) is 0.331. The van der Waals surface area contributed by atoms with E-state index in [1.165, 1.54) is 0 Å². The van der Waals surface area contributed by atoms with Gasteiger partial charge in [-0.15, -0.1) is 0 Å². The van der Waals surface area contributed by atoms with Gasteiger partial charge in [-0.05, 0) is 55.0 Å². The van der Waals surface area contributed by atoms with Gasteiger partial charge in [-0.25, -0.2) is 0 Å². The normalized spacial score (nSPS) is 18.4. The van der Waals surface area contributed by atoms with Gasteiger partial charge in [0.25, 0.3) is 0 Å². The van der Waals surface area contributed by atoms with E-state index in [-0.39, 0.29) is 17.5 Å². The first-order valence-corrected chi connectivity index (χ1v) is 14.0. The van der Waals surface area contributed by atoms with E-state index in [1.54, 1.807) is 7.11 Å². The number of fused-ring (bicyclic) bond motifs is 1. The van der Waals surface area contributed by atoms with Crippen molar-refractivity contribution >= 4 is 45.7 Å². The van der Waals surface area contributed by atoms with Gasteiger partial charge in [0, 0.05) is 78.6 Å². The fourth-order valence-electron chi connectivity index (χ4n) is 6.45. The first kappa shape index (κ1) is 25.4. The molecule has 0 radical (unpaired) electrons. The van der Waals surface area contributed by atoms with Crippen LogP contribution in [0.25, 0.3) is 10.9 Å². The fraction of sp³-hybridized carbons (Fsp3) is 0.355. The maximum atomic E-state index is 13.6. The number of carbonyl (C=O) groups is 2. The molecule has 1 aromatic heterocycles. The van der Waals surface area contributed by atoms with Crippen molar-refractivity contribution in [3.63, 3.8) is 0 Å². The van der Waals surface area contributed by atoms with Crippen LogP contribution in [0.4, 0.5) is 0 Å². The van der Waals surface area contributed by atoms with Gasteiger partial charge in [0.05, 0.1) is 16.7 Å². The van der Waals surface area contributed by atoms with Crippen molar-refractivity contribution in [1.82, 2.24) is 9.47 Å². The van der Waals surface area contributed by atoms with E-state index in [0.717, 1.165) is 70.3 Å². The molecule has 1 aliphatic heterocycles. The number of allylic oxidation sites excluding steroid dienone is 4. The first-order chi connectivity index (χ1) is 18.5. The largest absolute Gasteiger partial charge is 0.383 e. The highest BCUT2D eigenvalue weighted by Crippen LogP contribution is 2.50. The van der Waals surface area contributed by atoms with Crippen LogP contribution in [-0.2, 0) is 20.9 Å². The predicted molar refractivity (Wildman–Crippen MR) is 151 cm³/mol. The molecule has 6 rings (SSSR count). The Hall–Kier alpha value is -2.86. The van der Waals surface area contributed by atoms with Crippen LogP contribution >= 0.6 is 23.2 Å². The van der Waals surface area contributed by atoms with Gasteiger partial charge in [0.15, 0.2) is 11.6 Å². The molecule has 0 amide bonds. The maximum Gasteiger partial charge on any atom is 0.161 e. The van der Waals surface area contributed by atoms with Crippen molar-refractivity contribution in [2.45, 2.75) is 51.0 Å². The summed E-state index contributed by atoms with van der Waals surface area (Å²) in [6, 6.07) is 13.9. The van der Waals surface area contributed by atoms with Crippen LogP contribution in [0.1, 0.15) is 55.6 Å². The Balaban J connectivity index is 1.55. The zero-order valence-corrected chi connectivity index (χ0v) is 22.9. The number of benzene rings is 2. The Morgan fingerprint density at radius 1 is 0.895 bits per heavy atom. The number of Topliss-reactive ketones (excluding diaryl/α,β-unsaturated/α-hetero) is 2. The first-order valence-electron chi connectivity index (χ1n) is 13.3. The van der Waals surface area contributed by atoms with Gasteiger partial charge in [0.2, 0.25) is 0 Å². The lowest BCUT2D eigenvalue weighted by atomic mass is 9.71. The third kappa shape index (κ3) is 4.31. The van der Waals surface area contributed by atoms with E-state index in [9.17, 15) is 9.59 Å². The molecule has 7 heteroatoms. The molecule has 3 aromatic rings. The number of ether oxygens (including phenoxy) is 1. The number of carbonyl (C=O) groups excluding carboxylic acids is 2. The van der Waals surface area contributed by atoms with Crippen LogP contribution in [0, 0.1) is 0 Å². The van der Waals surface area contributed by atoms with Crippen LogP contribution in [0.15, 0.2) is 71.2 Å². The molecule has 0 bridgehead atoms. The third-order valence-corrected chi connectivity index (χ3v) is 8.81. The number of ketones is 2. The van der Waals surface area contributed by atoms with Gasteiger partial charge in [0.1, 0.15) is 0 Å². The van der Waals surface area contributed by atoms with Crippen LogP contribution in [0.5, 0.6) is 0 Å². The SMILES string of the molecule is COCCN1C2=C(C(=O)CCC2)C(c2cn(Cc3ccc(Cl)c(Cl)c3)c3ccccc23)C2=C1CCCC2=O. The minimum Gasteiger partial charge on any atom is -0.383 e. The van der Waals surface area contributed by atoms with Crippen LogP contribution in [-0.4, -0.2) is 41.3 Å². The zero-order valence-electron chi connectivity index (χ0n) is 21.4. The Bertz CT molecular complexity index is 1470. The second-order valence-corrected chi connectivity index (χ2v) is 11.1. The number of aromatic nitrogens is 1. The Kier molecular flexibility index (Phi) is 6.93. The standard InChI is InChI=1S/C31H30Cl2N2O3/c1-38-15-14-35-25-8-4-10-27(36)30(25)29(31-26(35)9-5-11-28(31)37)21-18-34(24-7-3-2-6-20(21)24)17-19-12-13-22(32)23(33)16-19/h2-3,6-7,12-13,16,18,29H,4-5,8-11,14-15,17H2,1H3. The minimum atomic E-state index is -0.348. The third-order valence-electron chi connectivity index (χ3n) is 8.07. The molecule has 38 heavy (non-hydrogen) atoms. The van der Waals surface area contributed by atoms with Crippen molar-refractivity contribution in [2.75, 3.05) is 20.3 Å². The number of halogens is 2. The Labute approximate surface area is 232 Å². The summed E-state index contributed by atoms with van der Waals surface area (Å²) < 4.78 is 7.62. The average molecular weight is 549 g/mol. The molecule has 2 aromatic carbocycles. The van der Waals surface area contributed by atoms with Crippen molar-refractivity contribution in [3.8, 4) is 0 Å². The molecular formula is C31H30Cl2N2O3. The van der Waals surface area contributed by atoms with E-state index in [0.29, 0.717) is 42.6 Å². The lowest BCUT2D eigenvalue weighted by molar-refractivity contribution is -0.117. The van der Waals surface area contributed by atoms with Gasteiger partial charge in [-0.2, -0.15) is 0 Å². The molecule has 3 aliphatic rings. The molecule has 0 unspecified atom stereocenters. The summed E-state index contributed by atoms with van der Waals surface area (Å²) in [6.07, 6.45) is 6.54. The highest BCUT2D eigenvalue weighted by molar-refractivity contribution is 6.42. The van der Waals surface area contributed by atoms with Crippen LogP contribution < -0.4 is 0 Å². The summed E-state index contributed by atoms with van der Waals surface area (Å²) in [6.45, 7) is 1.80. The lowest BCUT2D eigenvalue weighted by Crippen LogP contribution is -2.40. The molecule has 0 saturated heterocycles. The summed E-state index contributed by atoms with van der Waals surface area (Å²) in [5.74, 6) is -0.0332. The molecule has 0 atom stereocenters. The topological polar surface area (TPSA) is 51.5 Å². The Morgan fingerprint density at radius 2 is 1.58 bits per heavy atom. The average Bonchev–Trinajstić information content (AvgIpc) is 3.27. The number of para-hydroxylation sites is 1. The van der Waals surface area contributed by atoms with Crippen molar-refractivity contribution in [3.05, 3.63) is 92.4 Å². The van der Waals surface area contributed by atoms with Crippen molar-refractivity contribution < 1.29 is 14.3 Å². The second-order valence-electron chi connectivity index (χ2n) is 10.3. The summed E-state index contributed by atoms with van der Waals surface area (Å²) in [5.41, 5.74) is 6.89. The lowest BCUT2D eigenvalue weighted by Gasteiger charge is -2.43. The molecular weight excluding hydrogens is 519 g/mol. The summed E-state index contributed by atoms with van der Waals surface area (Å²) >= 11 is 12.5. The molecule has 0 spiro atoms. The molecule has 0 fully saturated rings. The molecule has 196 valence electrons. The molecule has 0 N–H and O–H groups in total. The van der Waals surface area contributed by atoms with Crippen LogP contribution in [0.3, 0.4) is 0 Å². The summed E-state index contributed by atoms with van der Waals surface area (Å²) in [4.78, 5) is 29.5. The number of methoxy groups -OCH3 is 1. The van der Waals surface area contributed by atoms with Gasteiger partial charge >= 0.3 is 0 Å². The second kappa shape index (κ2) is 10.4. The highest BCUT2D eigenvalue weighted by atomic mass is 35.5. The summed E-state index contributed by atoms with van der Waals surface area (Å²) in [7, 11) is 1.69. The van der Waals surface area contributed by atoms with Gasteiger partial charge in [-0.3, -0.25) is 9.59 Å². The Morgan fingerprint density at radius 3 is 2.24 bits per heavy atom. The maximum absolute atomic E-state index is 13.6. The monoisotopic (exact) mass is 548 g/mol. The van der Waals surface area contributed by atoms with E-state index >= 15 is 0 Å². The van der Waals surface area contributed by atoms with Crippen molar-refractivity contribution in [1.29, 1.82) is 0 Å². The molecule has 5 nitrogen and oxygen atoms in total. The van der Waals surface area contributed by atoms with E-state index in [1.807, 2.05) is 30.3 Å². The van der Waals surface area contributed by atoms with Gasteiger partial charge in [-0.1, -0.05) is 47.5 Å². The smallest absolute Gasteiger partial charge is 0.161 e. The van der Waals surface area contributed by atoms with E-state index in [4.69, 9.17) is 27.9 Å². The number of hydrogen-bond donors (Lipinski definition) is 0. The summed E-state index contributed by atoms with van der Waals surface area (Å²) in [5, 5.41) is 2.12. The van der Waals surface area contributed by atoms with Crippen LogP contribution in [0.2, 0.25) is 10.0 Å². The molecule has 0 saturated carbocycles. The highest BCUT2D eigenvalue weighted by Gasteiger charge is 2.44. The zero-order chi connectivity index (χ0) is 26.4. The molecule has 2 aliphatic carbocycles. The van der Waals surface area contributed by atoms with E-state index < -0.39 is 0 Å². The number of rotatable bonds is 6. The van der Waals surface area contributed by atoms with E-state index in [2.05, 4.69) is 27.8 Å². The van der Waals surface area contributed by atoms with Gasteiger partial charge < -0.3 is 14.2 Å². The minimum absolute atomic E-state index is 0.157. The predicted octanol–water partition coefficient (Wildman–Crippen LogP) is 7.06. The fourth-order valence-corrected chi connectivity index (χ4v) is 6.77.